The van der Waals surface area contributed by atoms with Crippen molar-refractivity contribution in [3.8, 4) is 0 Å². The van der Waals surface area contributed by atoms with E-state index in [1.807, 2.05) is 0 Å². The molecule has 3 aromatic rings. The van der Waals surface area contributed by atoms with Crippen molar-refractivity contribution in [2.45, 2.75) is 0 Å². The zero-order chi connectivity index (χ0) is 24.0. The Balaban J connectivity index is 0.000000278. The number of nitrogens with one attached hydrogen (secondary N) is 1. The molecule has 32 heavy (non-hydrogen) atoms. The highest BCUT2D eigenvalue weighted by atomic mass is 35.5. The first-order chi connectivity index (χ1) is 15.0. The highest BCUT2D eigenvalue weighted by molar-refractivity contribution is 6.67. The minimum atomic E-state index is -0.979. The van der Waals surface area contributed by atoms with Crippen molar-refractivity contribution in [3.63, 3.8) is 0 Å². The van der Waals surface area contributed by atoms with Crippen LogP contribution in [-0.2, 0) is 0 Å². The molecule has 1 N–H and O–H groups in total. The van der Waals surface area contributed by atoms with Gasteiger partial charge in [0.2, 0.25) is 5.82 Å². The van der Waals surface area contributed by atoms with Crippen LogP contribution in [0, 0.1) is 15.9 Å². The van der Waals surface area contributed by atoms with Gasteiger partial charge in [-0.2, -0.15) is 4.39 Å². The smallest absolute Gasteiger partial charge is 0.306 e. The fraction of sp³-hybridized carbons (Fsp3) is 0. The number of nitro groups is 1. The van der Waals surface area contributed by atoms with E-state index in [0.29, 0.717) is 20.6 Å². The fourth-order valence-corrected chi connectivity index (χ4v) is 2.90. The zero-order valence-corrected chi connectivity index (χ0v) is 19.3. The van der Waals surface area contributed by atoms with E-state index in [4.69, 9.17) is 58.0 Å². The zero-order valence-electron chi connectivity index (χ0n) is 15.5. The predicted molar refractivity (Wildman–Crippen MR) is 124 cm³/mol. The Bertz CT molecular complexity index is 1210. The maximum Gasteiger partial charge on any atom is 0.306 e. The lowest BCUT2D eigenvalue weighted by molar-refractivity contribution is -0.387. The number of rotatable bonds is 4. The first kappa shape index (κ1) is 25.8. The first-order valence-electron chi connectivity index (χ1n) is 8.34. The lowest BCUT2D eigenvalue weighted by Gasteiger charge is -2.06. The van der Waals surface area contributed by atoms with Crippen LogP contribution in [0.25, 0.3) is 0 Å². The summed E-state index contributed by atoms with van der Waals surface area (Å²) in [6.07, 6.45) is 0. The van der Waals surface area contributed by atoms with E-state index in [1.165, 1.54) is 42.5 Å². The third-order valence-corrected chi connectivity index (χ3v) is 5.43. The second-order valence-electron chi connectivity index (χ2n) is 5.91. The second-order valence-corrected chi connectivity index (χ2v) is 7.88. The lowest BCUT2D eigenvalue weighted by atomic mass is 10.2. The van der Waals surface area contributed by atoms with Crippen LogP contribution in [0.3, 0.4) is 0 Å². The van der Waals surface area contributed by atoms with Crippen LogP contribution < -0.4 is 5.32 Å². The summed E-state index contributed by atoms with van der Waals surface area (Å²) < 4.78 is 13.2. The first-order valence-corrected chi connectivity index (χ1v) is 10.2. The molecule has 0 aliphatic heterocycles. The van der Waals surface area contributed by atoms with E-state index >= 15 is 0 Å². The molecule has 0 radical (unpaired) electrons. The Morgan fingerprint density at radius 2 is 1.34 bits per heavy atom. The highest BCUT2D eigenvalue weighted by Crippen LogP contribution is 2.25. The van der Waals surface area contributed by atoms with Crippen LogP contribution in [0.15, 0.2) is 54.6 Å². The summed E-state index contributed by atoms with van der Waals surface area (Å²) in [4.78, 5) is 32.3. The summed E-state index contributed by atoms with van der Waals surface area (Å²) in [6, 6.07) is 11.8. The van der Waals surface area contributed by atoms with Gasteiger partial charge in [-0.15, -0.1) is 0 Å². The van der Waals surface area contributed by atoms with Crippen molar-refractivity contribution in [3.05, 3.63) is 102 Å². The largest absolute Gasteiger partial charge is 0.322 e. The Hall–Kier alpha value is -2.42. The number of hydrogen-bond acceptors (Lipinski definition) is 4. The number of benzene rings is 3. The van der Waals surface area contributed by atoms with Crippen molar-refractivity contribution in [1.82, 2.24) is 0 Å². The summed E-state index contributed by atoms with van der Waals surface area (Å²) in [6.45, 7) is 0. The van der Waals surface area contributed by atoms with E-state index in [-0.39, 0.29) is 16.3 Å². The molecule has 3 rings (SSSR count). The van der Waals surface area contributed by atoms with Crippen LogP contribution >= 0.6 is 58.0 Å². The van der Waals surface area contributed by atoms with Gasteiger partial charge in [0, 0.05) is 22.9 Å². The monoisotopic (exact) mass is 536 g/mol. The Morgan fingerprint density at radius 1 is 0.812 bits per heavy atom. The molecule has 0 heterocycles. The number of halogens is 6. The molecule has 12 heteroatoms. The topological polar surface area (TPSA) is 89.3 Å². The molecule has 0 fully saturated rings. The van der Waals surface area contributed by atoms with E-state index < -0.39 is 27.6 Å². The molecule has 0 aliphatic rings. The maximum absolute atomic E-state index is 13.2. The number of nitro benzene ring substituents is 1. The summed E-state index contributed by atoms with van der Waals surface area (Å²) >= 11 is 27.9. The molecule has 6 nitrogen and oxygen atoms in total. The molecule has 0 aliphatic carbocycles. The Kier molecular flexibility index (Phi) is 9.24. The average Bonchev–Trinajstić information content (AvgIpc) is 2.73. The van der Waals surface area contributed by atoms with Crippen molar-refractivity contribution >= 4 is 80.5 Å². The number of amides is 1. The second kappa shape index (κ2) is 11.4. The summed E-state index contributed by atoms with van der Waals surface area (Å²) in [5, 5.41) is 13.8. The average molecular weight is 539 g/mol. The third-order valence-electron chi connectivity index (χ3n) is 3.73. The van der Waals surface area contributed by atoms with Crippen molar-refractivity contribution in [1.29, 1.82) is 0 Å². The normalized spacial score (nSPS) is 10.1. The SMILES string of the molecule is O=C(Cl)c1ccc(Cl)c(Cl)c1.O=C(Nc1ccc(F)c([N+](=O)[O-])c1)c1ccc(Cl)c(Cl)c1. The highest BCUT2D eigenvalue weighted by Gasteiger charge is 2.16. The van der Waals surface area contributed by atoms with Gasteiger partial charge in [-0.1, -0.05) is 46.4 Å². The molecule has 3 aromatic carbocycles. The van der Waals surface area contributed by atoms with Crippen LogP contribution in [0.5, 0.6) is 0 Å². The number of anilines is 1. The number of carbonyl (C=O) groups excluding carboxylic acids is 2. The van der Waals surface area contributed by atoms with Gasteiger partial charge in [-0.25, -0.2) is 0 Å². The van der Waals surface area contributed by atoms with Crippen molar-refractivity contribution < 1.29 is 18.9 Å². The molecular formula is C20H10Cl5FN2O4. The van der Waals surface area contributed by atoms with Crippen LogP contribution in [0.4, 0.5) is 15.8 Å². The number of hydrogen-bond donors (Lipinski definition) is 1. The Morgan fingerprint density at radius 3 is 1.84 bits per heavy atom. The minimum absolute atomic E-state index is 0.0965. The molecule has 0 saturated carbocycles. The van der Waals surface area contributed by atoms with Gasteiger partial charge < -0.3 is 5.32 Å². The molecule has 0 unspecified atom stereocenters. The maximum atomic E-state index is 13.2. The van der Waals surface area contributed by atoms with E-state index in [9.17, 15) is 24.1 Å². The van der Waals surface area contributed by atoms with Gasteiger partial charge in [0.15, 0.2) is 0 Å². The predicted octanol–water partition coefficient (Wildman–Crippen LogP) is 7.67. The van der Waals surface area contributed by atoms with Gasteiger partial charge in [0.25, 0.3) is 11.1 Å². The summed E-state index contributed by atoms with van der Waals surface area (Å²) in [5.41, 5.74) is -0.0569. The molecule has 0 aromatic heterocycles. The molecule has 166 valence electrons. The Labute approximate surface area is 205 Å². The molecule has 0 spiro atoms. The van der Waals surface area contributed by atoms with Crippen LogP contribution in [0.1, 0.15) is 20.7 Å². The standard InChI is InChI=1S/C13H7Cl2FN2O3.C7H3Cl3O/c14-9-3-1-7(5-10(9)15)13(19)17-8-2-4-11(16)12(6-8)18(20)21;8-5-2-1-4(7(10)11)3-6(5)9/h1-6H,(H,17,19);1-3H. The van der Waals surface area contributed by atoms with Gasteiger partial charge in [0.05, 0.1) is 25.0 Å². The van der Waals surface area contributed by atoms with Gasteiger partial charge in [-0.05, 0) is 60.1 Å². The molecule has 0 bridgehead atoms. The van der Waals surface area contributed by atoms with Crippen molar-refractivity contribution in [2.75, 3.05) is 5.32 Å². The molecular weight excluding hydrogens is 528 g/mol. The number of nitrogens with zero attached hydrogens (tertiary/aromatic N) is 1. The van der Waals surface area contributed by atoms with Gasteiger partial charge in [0.1, 0.15) is 0 Å². The summed E-state index contributed by atoms with van der Waals surface area (Å²) in [5.74, 6) is -1.53. The molecule has 1 amide bonds. The third kappa shape index (κ3) is 7.05. The van der Waals surface area contributed by atoms with Gasteiger partial charge in [-0.3, -0.25) is 19.7 Å². The minimum Gasteiger partial charge on any atom is -0.322 e. The van der Waals surface area contributed by atoms with Crippen molar-refractivity contribution in [2.24, 2.45) is 0 Å². The van der Waals surface area contributed by atoms with E-state index in [1.54, 1.807) is 0 Å². The van der Waals surface area contributed by atoms with E-state index in [0.717, 1.165) is 12.1 Å². The lowest BCUT2D eigenvalue weighted by Crippen LogP contribution is -2.12. The summed E-state index contributed by atoms with van der Waals surface area (Å²) in [7, 11) is 0. The molecule has 0 saturated heterocycles. The van der Waals surface area contributed by atoms with Gasteiger partial charge >= 0.3 is 5.69 Å². The number of carbonyl (C=O) groups is 2. The fourth-order valence-electron chi connectivity index (χ4n) is 2.19. The van der Waals surface area contributed by atoms with Crippen LogP contribution in [-0.4, -0.2) is 16.1 Å². The van der Waals surface area contributed by atoms with E-state index in [2.05, 4.69) is 5.32 Å². The molecule has 0 atom stereocenters. The van der Waals surface area contributed by atoms with Crippen LogP contribution in [0.2, 0.25) is 20.1 Å². The quantitative estimate of drug-likeness (QED) is 0.210.